The zero-order valence-corrected chi connectivity index (χ0v) is 27.6. The van der Waals surface area contributed by atoms with E-state index in [2.05, 4.69) is 54.5 Å². The van der Waals surface area contributed by atoms with Crippen molar-refractivity contribution in [3.63, 3.8) is 0 Å². The van der Waals surface area contributed by atoms with Gasteiger partial charge < -0.3 is 34.5 Å². The number of aryl methyl sites for hydroxylation is 1. The molecule has 2 saturated heterocycles. The molecule has 2 N–H and O–H groups in total. The van der Waals surface area contributed by atoms with Crippen molar-refractivity contribution in [2.45, 2.75) is 25.8 Å². The minimum absolute atomic E-state index is 0.355. The molecule has 10 nitrogen and oxygen atoms in total. The highest BCUT2D eigenvalue weighted by Gasteiger charge is 2.27. The molecule has 3 aromatic rings. The van der Waals surface area contributed by atoms with Crippen LogP contribution in [0, 0.1) is 6.92 Å². The van der Waals surface area contributed by atoms with Crippen LogP contribution in [-0.4, -0.2) is 99.7 Å². The maximum Gasteiger partial charge on any atom is 0.229 e. The van der Waals surface area contributed by atoms with Gasteiger partial charge in [0.15, 0.2) is 5.82 Å². The first-order valence-corrected chi connectivity index (χ1v) is 17.7. The number of methoxy groups -OCH3 is 2. The van der Waals surface area contributed by atoms with Gasteiger partial charge in [-0.05, 0) is 70.0 Å². The second-order valence-electron chi connectivity index (χ2n) is 11.8. The van der Waals surface area contributed by atoms with Gasteiger partial charge >= 0.3 is 0 Å². The number of likely N-dealkylation sites (N-methyl/N-ethyl adjacent to an activating group) is 1. The van der Waals surface area contributed by atoms with Gasteiger partial charge in [0.25, 0.3) is 0 Å². The van der Waals surface area contributed by atoms with Gasteiger partial charge in [-0.3, -0.25) is 4.90 Å². The Morgan fingerprint density at radius 1 is 0.930 bits per heavy atom. The van der Waals surface area contributed by atoms with E-state index in [4.69, 9.17) is 21.1 Å². The number of nitrogens with zero attached hydrogens (tertiary/aromatic N) is 5. The number of ether oxygens (including phenoxy) is 2. The fraction of sp³-hybridized carbons (Fsp3) is 0.484. The number of nitrogens with one attached hydrogen (secondary N) is 2. The lowest BCUT2D eigenvalue weighted by molar-refractivity contribution is 0.0982. The molecule has 232 valence electrons. The van der Waals surface area contributed by atoms with Crippen LogP contribution in [0.15, 0.2) is 36.5 Å². The van der Waals surface area contributed by atoms with Crippen molar-refractivity contribution in [1.82, 2.24) is 19.8 Å². The van der Waals surface area contributed by atoms with Crippen molar-refractivity contribution in [2.75, 3.05) is 89.4 Å². The number of aromatic nitrogens is 2. The summed E-state index contributed by atoms with van der Waals surface area (Å²) in [6.45, 7) is 12.1. The van der Waals surface area contributed by atoms with E-state index in [1.54, 1.807) is 33.7 Å². The maximum absolute atomic E-state index is 12.8. The van der Waals surface area contributed by atoms with Crippen LogP contribution in [0.1, 0.15) is 18.4 Å². The first kappa shape index (κ1) is 31.4. The normalized spacial score (nSPS) is 17.1. The predicted molar refractivity (Wildman–Crippen MR) is 178 cm³/mol. The zero-order valence-electron chi connectivity index (χ0n) is 26.0. The average Bonchev–Trinajstić information content (AvgIpc) is 2.99. The van der Waals surface area contributed by atoms with Crippen LogP contribution < -0.4 is 30.3 Å². The third kappa shape index (κ3) is 7.37. The number of rotatable bonds is 9. The number of anilines is 5. The summed E-state index contributed by atoms with van der Waals surface area (Å²) in [4.78, 5) is 16.5. The molecule has 0 spiro atoms. The topological polar surface area (TPSA) is 95.1 Å². The van der Waals surface area contributed by atoms with Crippen LogP contribution in [0.25, 0.3) is 0 Å². The van der Waals surface area contributed by atoms with Crippen LogP contribution in [0.5, 0.6) is 11.5 Å². The van der Waals surface area contributed by atoms with Gasteiger partial charge in [-0.2, -0.15) is 4.98 Å². The summed E-state index contributed by atoms with van der Waals surface area (Å²) in [5, 5.41) is 7.69. The minimum atomic E-state index is -2.47. The van der Waals surface area contributed by atoms with E-state index in [9.17, 15) is 4.57 Å². The number of hydrogen-bond donors (Lipinski definition) is 2. The molecule has 0 saturated carbocycles. The first-order chi connectivity index (χ1) is 20.5. The Kier molecular flexibility index (Phi) is 9.71. The minimum Gasteiger partial charge on any atom is -0.495 e. The molecule has 2 fully saturated rings. The van der Waals surface area contributed by atoms with Crippen molar-refractivity contribution in [3.05, 3.63) is 47.1 Å². The smallest absolute Gasteiger partial charge is 0.229 e. The molecular formula is C31H43ClN7O3P. The molecule has 5 rings (SSSR count). The maximum atomic E-state index is 12.8. The lowest BCUT2D eigenvalue weighted by Gasteiger charge is -2.42. The quantitative estimate of drug-likeness (QED) is 0.300. The summed E-state index contributed by atoms with van der Waals surface area (Å²) in [7, 11) is 2.98. The molecule has 3 heterocycles. The van der Waals surface area contributed by atoms with E-state index in [0.29, 0.717) is 40.0 Å². The number of benzene rings is 2. The highest BCUT2D eigenvalue weighted by Crippen LogP contribution is 2.40. The zero-order chi connectivity index (χ0) is 30.7. The average molecular weight is 628 g/mol. The Hall–Kier alpha value is -3.04. The molecule has 12 heteroatoms. The van der Waals surface area contributed by atoms with Gasteiger partial charge in [-0.15, -0.1) is 0 Å². The van der Waals surface area contributed by atoms with E-state index in [0.717, 1.165) is 48.4 Å². The summed E-state index contributed by atoms with van der Waals surface area (Å²) >= 11 is 6.48. The molecule has 43 heavy (non-hydrogen) atoms. The molecule has 0 bridgehead atoms. The lowest BCUT2D eigenvalue weighted by atomic mass is 10.0. The van der Waals surface area contributed by atoms with Crippen LogP contribution in [0.4, 0.5) is 28.8 Å². The van der Waals surface area contributed by atoms with Gasteiger partial charge in [0.1, 0.15) is 23.7 Å². The van der Waals surface area contributed by atoms with Gasteiger partial charge in [-0.25, -0.2) is 4.98 Å². The SMILES string of the molecule is COc1cc(N2CCC(N3CCN(C)CC3)CC2)ccc1Nc1ncc(Cl)c(Nc2cc(C)c(P(C)(C)=O)cc2OC)n1. The molecule has 0 unspecified atom stereocenters. The van der Waals surface area contributed by atoms with Gasteiger partial charge in [-0.1, -0.05) is 11.6 Å². The van der Waals surface area contributed by atoms with Crippen LogP contribution in [-0.2, 0) is 4.57 Å². The standard InChI is InChI=1S/C31H43ClN7O3P/c1-21-17-26(28(42-4)19-29(21)43(5,6)40)34-30-24(32)20-33-31(36-30)35-25-8-7-23(18-27(25)41-3)38-11-9-22(10-12-38)39-15-13-37(2)14-16-39/h7-8,17-20,22H,9-16H2,1-6H3,(H2,33,34,35,36). The van der Waals surface area contributed by atoms with E-state index < -0.39 is 7.14 Å². The highest BCUT2D eigenvalue weighted by atomic mass is 35.5. The Morgan fingerprint density at radius 3 is 2.26 bits per heavy atom. The summed E-state index contributed by atoms with van der Waals surface area (Å²) in [6, 6.07) is 10.6. The fourth-order valence-electron chi connectivity index (χ4n) is 5.94. The monoisotopic (exact) mass is 627 g/mol. The van der Waals surface area contributed by atoms with E-state index in [-0.39, 0.29) is 0 Å². The van der Waals surface area contributed by atoms with Gasteiger partial charge in [0.05, 0.1) is 31.8 Å². The number of piperazine rings is 1. The molecule has 2 aliphatic rings. The Bertz CT molecular complexity index is 1480. The molecule has 0 aliphatic carbocycles. The molecule has 0 atom stereocenters. The van der Waals surface area contributed by atoms with Crippen LogP contribution in [0.3, 0.4) is 0 Å². The molecule has 0 radical (unpaired) electrons. The lowest BCUT2D eigenvalue weighted by Crippen LogP contribution is -2.52. The molecule has 2 aromatic carbocycles. The van der Waals surface area contributed by atoms with Crippen molar-refractivity contribution >= 4 is 52.9 Å². The summed E-state index contributed by atoms with van der Waals surface area (Å²) in [6.07, 6.45) is 3.89. The Labute approximate surface area is 260 Å². The third-order valence-electron chi connectivity index (χ3n) is 8.41. The van der Waals surface area contributed by atoms with Crippen molar-refractivity contribution in [2.24, 2.45) is 0 Å². The summed E-state index contributed by atoms with van der Waals surface area (Å²) < 4.78 is 24.1. The third-order valence-corrected chi connectivity index (χ3v) is 10.3. The Morgan fingerprint density at radius 2 is 1.60 bits per heavy atom. The number of hydrogen-bond acceptors (Lipinski definition) is 10. The predicted octanol–water partition coefficient (Wildman–Crippen LogP) is 5.41. The van der Waals surface area contributed by atoms with E-state index >= 15 is 0 Å². The first-order valence-electron chi connectivity index (χ1n) is 14.7. The molecule has 1 aromatic heterocycles. The van der Waals surface area contributed by atoms with E-state index in [1.165, 1.54) is 25.9 Å². The van der Waals surface area contributed by atoms with Crippen molar-refractivity contribution in [1.29, 1.82) is 0 Å². The van der Waals surface area contributed by atoms with Crippen LogP contribution in [0.2, 0.25) is 5.02 Å². The second-order valence-corrected chi connectivity index (χ2v) is 15.4. The summed E-state index contributed by atoms with van der Waals surface area (Å²) in [5.41, 5.74) is 3.47. The molecule has 0 amide bonds. The Balaban J connectivity index is 1.28. The summed E-state index contributed by atoms with van der Waals surface area (Å²) in [5.74, 6) is 2.05. The van der Waals surface area contributed by atoms with Crippen molar-refractivity contribution in [3.8, 4) is 11.5 Å². The number of piperidine rings is 1. The second kappa shape index (κ2) is 13.3. The molecular weight excluding hydrogens is 585 g/mol. The van der Waals surface area contributed by atoms with Crippen molar-refractivity contribution < 1.29 is 14.0 Å². The molecule has 2 aliphatic heterocycles. The number of halogens is 1. The fourth-order valence-corrected chi connectivity index (χ4v) is 7.42. The highest BCUT2D eigenvalue weighted by molar-refractivity contribution is 7.70. The largest absolute Gasteiger partial charge is 0.495 e. The van der Waals surface area contributed by atoms with Gasteiger partial charge in [0, 0.05) is 62.4 Å². The van der Waals surface area contributed by atoms with E-state index in [1.807, 2.05) is 25.1 Å². The van der Waals surface area contributed by atoms with Crippen LogP contribution >= 0.6 is 18.7 Å². The van der Waals surface area contributed by atoms with Gasteiger partial charge in [0.2, 0.25) is 5.95 Å².